The van der Waals surface area contributed by atoms with Crippen molar-refractivity contribution in [2.75, 3.05) is 13.1 Å². The maximum atomic E-state index is 3.52. The number of hydrogen-bond donors (Lipinski definition) is 1. The molecular weight excluding hydrogens is 194 g/mol. The molecule has 1 aliphatic rings. The summed E-state index contributed by atoms with van der Waals surface area (Å²) < 4.78 is 0. The number of piperidine rings is 1. The van der Waals surface area contributed by atoms with E-state index in [2.05, 4.69) is 37.4 Å². The number of hydrogen-bond acceptors (Lipinski definition) is 1. The lowest BCUT2D eigenvalue weighted by Crippen LogP contribution is -2.28. The second-order valence-electron chi connectivity index (χ2n) is 4.78. The molecule has 1 heteroatoms. The largest absolute Gasteiger partial charge is 0.316 e. The lowest BCUT2D eigenvalue weighted by molar-refractivity contribution is 0.459. The van der Waals surface area contributed by atoms with Crippen molar-refractivity contribution < 1.29 is 0 Å². The van der Waals surface area contributed by atoms with E-state index in [0.717, 1.165) is 18.8 Å². The highest BCUT2D eigenvalue weighted by Gasteiger charge is 2.17. The maximum absolute atomic E-state index is 3.52. The SMILES string of the molecule is CCc1ccc(CC)c(C2CCCNC2)c1. The Hall–Kier alpha value is -0.820. The van der Waals surface area contributed by atoms with Crippen LogP contribution >= 0.6 is 0 Å². The Morgan fingerprint density at radius 2 is 2.12 bits per heavy atom. The molecule has 1 fully saturated rings. The van der Waals surface area contributed by atoms with Crippen LogP contribution in [0.4, 0.5) is 0 Å². The van der Waals surface area contributed by atoms with E-state index in [4.69, 9.17) is 0 Å². The van der Waals surface area contributed by atoms with Crippen LogP contribution in [-0.4, -0.2) is 13.1 Å². The summed E-state index contributed by atoms with van der Waals surface area (Å²) >= 11 is 0. The minimum atomic E-state index is 0.746. The molecule has 2 rings (SSSR count). The van der Waals surface area contributed by atoms with Gasteiger partial charge < -0.3 is 5.32 Å². The molecule has 0 aliphatic carbocycles. The summed E-state index contributed by atoms with van der Waals surface area (Å²) in [6.07, 6.45) is 4.99. The van der Waals surface area contributed by atoms with E-state index >= 15 is 0 Å². The fourth-order valence-corrected chi connectivity index (χ4v) is 2.68. The second-order valence-corrected chi connectivity index (χ2v) is 4.78. The first-order chi connectivity index (χ1) is 7.85. The molecule has 0 saturated carbocycles. The Morgan fingerprint density at radius 1 is 1.25 bits per heavy atom. The Bertz CT molecular complexity index is 337. The van der Waals surface area contributed by atoms with E-state index in [9.17, 15) is 0 Å². The highest BCUT2D eigenvalue weighted by atomic mass is 14.9. The molecule has 88 valence electrons. The molecule has 0 amide bonds. The standard InChI is InChI=1S/C15H23N/c1-3-12-7-8-13(4-2)15(10-12)14-6-5-9-16-11-14/h7-8,10,14,16H,3-6,9,11H2,1-2H3. The predicted octanol–water partition coefficient (Wildman–Crippen LogP) is 3.28. The topological polar surface area (TPSA) is 12.0 Å². The molecule has 1 nitrogen and oxygen atoms in total. The van der Waals surface area contributed by atoms with Gasteiger partial charge in [-0.25, -0.2) is 0 Å². The van der Waals surface area contributed by atoms with Gasteiger partial charge in [0.15, 0.2) is 0 Å². The Kier molecular flexibility index (Phi) is 4.00. The van der Waals surface area contributed by atoms with E-state index in [1.54, 1.807) is 11.1 Å². The van der Waals surface area contributed by atoms with Gasteiger partial charge in [0.25, 0.3) is 0 Å². The monoisotopic (exact) mass is 217 g/mol. The van der Waals surface area contributed by atoms with Crippen LogP contribution in [0.25, 0.3) is 0 Å². The van der Waals surface area contributed by atoms with E-state index in [1.165, 1.54) is 31.5 Å². The first kappa shape index (κ1) is 11.7. The van der Waals surface area contributed by atoms with Crippen LogP contribution in [0, 0.1) is 0 Å². The van der Waals surface area contributed by atoms with Crippen molar-refractivity contribution in [2.45, 2.75) is 45.4 Å². The Balaban J connectivity index is 2.27. The number of benzene rings is 1. The van der Waals surface area contributed by atoms with Crippen LogP contribution in [0.1, 0.15) is 49.3 Å². The summed E-state index contributed by atoms with van der Waals surface area (Å²) in [4.78, 5) is 0. The number of aryl methyl sites for hydroxylation is 2. The lowest BCUT2D eigenvalue weighted by atomic mass is 9.86. The summed E-state index contributed by atoms with van der Waals surface area (Å²) in [7, 11) is 0. The normalized spacial score (nSPS) is 21.0. The summed E-state index contributed by atoms with van der Waals surface area (Å²) in [6, 6.07) is 7.07. The zero-order valence-corrected chi connectivity index (χ0v) is 10.6. The highest BCUT2D eigenvalue weighted by molar-refractivity contribution is 5.35. The van der Waals surface area contributed by atoms with Crippen molar-refractivity contribution in [3.8, 4) is 0 Å². The summed E-state index contributed by atoms with van der Waals surface area (Å²) in [5.41, 5.74) is 4.64. The van der Waals surface area contributed by atoms with Crippen molar-refractivity contribution >= 4 is 0 Å². The van der Waals surface area contributed by atoms with Gasteiger partial charge in [-0.3, -0.25) is 0 Å². The van der Waals surface area contributed by atoms with Gasteiger partial charge in [0.2, 0.25) is 0 Å². The average molecular weight is 217 g/mol. The molecule has 1 N–H and O–H groups in total. The van der Waals surface area contributed by atoms with Gasteiger partial charge in [0, 0.05) is 6.54 Å². The second kappa shape index (κ2) is 5.49. The van der Waals surface area contributed by atoms with Crippen molar-refractivity contribution in [1.82, 2.24) is 5.32 Å². The van der Waals surface area contributed by atoms with Crippen LogP contribution < -0.4 is 5.32 Å². The van der Waals surface area contributed by atoms with Crippen LogP contribution in [0.5, 0.6) is 0 Å². The quantitative estimate of drug-likeness (QED) is 0.819. The molecule has 0 spiro atoms. The number of nitrogens with one attached hydrogen (secondary N) is 1. The van der Waals surface area contributed by atoms with Gasteiger partial charge in [-0.15, -0.1) is 0 Å². The van der Waals surface area contributed by atoms with Crippen molar-refractivity contribution in [3.05, 3.63) is 34.9 Å². The molecule has 0 aromatic heterocycles. The summed E-state index contributed by atoms with van der Waals surface area (Å²) in [5, 5.41) is 3.52. The molecule has 1 heterocycles. The molecular formula is C15H23N. The summed E-state index contributed by atoms with van der Waals surface area (Å²) in [6.45, 7) is 6.87. The first-order valence-corrected chi connectivity index (χ1v) is 6.67. The molecule has 1 unspecified atom stereocenters. The Labute approximate surface area is 99.3 Å². The van der Waals surface area contributed by atoms with E-state index in [0.29, 0.717) is 0 Å². The third kappa shape index (κ3) is 2.46. The zero-order chi connectivity index (χ0) is 11.4. The fourth-order valence-electron chi connectivity index (χ4n) is 2.68. The fraction of sp³-hybridized carbons (Fsp3) is 0.600. The third-order valence-corrected chi connectivity index (χ3v) is 3.74. The highest BCUT2D eigenvalue weighted by Crippen LogP contribution is 2.27. The third-order valence-electron chi connectivity index (χ3n) is 3.74. The van der Waals surface area contributed by atoms with Gasteiger partial charge >= 0.3 is 0 Å². The van der Waals surface area contributed by atoms with Gasteiger partial charge in [-0.1, -0.05) is 32.0 Å². The van der Waals surface area contributed by atoms with Crippen molar-refractivity contribution in [2.24, 2.45) is 0 Å². The molecule has 1 aliphatic heterocycles. The molecule has 0 bridgehead atoms. The minimum absolute atomic E-state index is 0.746. The van der Waals surface area contributed by atoms with E-state index in [1.807, 2.05) is 0 Å². The van der Waals surface area contributed by atoms with E-state index in [-0.39, 0.29) is 0 Å². The molecule has 0 radical (unpaired) electrons. The summed E-state index contributed by atoms with van der Waals surface area (Å²) in [5.74, 6) is 0.746. The van der Waals surface area contributed by atoms with Gasteiger partial charge in [-0.05, 0) is 54.8 Å². The van der Waals surface area contributed by atoms with Gasteiger partial charge in [-0.2, -0.15) is 0 Å². The molecule has 16 heavy (non-hydrogen) atoms. The molecule has 1 aromatic carbocycles. The molecule has 1 atom stereocenters. The first-order valence-electron chi connectivity index (χ1n) is 6.67. The van der Waals surface area contributed by atoms with Crippen molar-refractivity contribution in [3.63, 3.8) is 0 Å². The molecule has 1 saturated heterocycles. The van der Waals surface area contributed by atoms with E-state index < -0.39 is 0 Å². The van der Waals surface area contributed by atoms with Crippen LogP contribution in [-0.2, 0) is 12.8 Å². The van der Waals surface area contributed by atoms with Crippen LogP contribution in [0.15, 0.2) is 18.2 Å². The number of rotatable bonds is 3. The van der Waals surface area contributed by atoms with Crippen molar-refractivity contribution in [1.29, 1.82) is 0 Å². The Morgan fingerprint density at radius 3 is 2.75 bits per heavy atom. The average Bonchev–Trinajstić information content (AvgIpc) is 2.39. The van der Waals surface area contributed by atoms with Crippen LogP contribution in [0.3, 0.4) is 0 Å². The smallest absolute Gasteiger partial charge is 0.00202 e. The van der Waals surface area contributed by atoms with Gasteiger partial charge in [0.05, 0.1) is 0 Å². The zero-order valence-electron chi connectivity index (χ0n) is 10.6. The maximum Gasteiger partial charge on any atom is 0.00202 e. The predicted molar refractivity (Wildman–Crippen MR) is 70.0 cm³/mol. The molecule has 1 aromatic rings. The van der Waals surface area contributed by atoms with Crippen LogP contribution in [0.2, 0.25) is 0 Å². The minimum Gasteiger partial charge on any atom is -0.316 e. The lowest BCUT2D eigenvalue weighted by Gasteiger charge is -2.25. The van der Waals surface area contributed by atoms with Gasteiger partial charge in [0.1, 0.15) is 0 Å².